The molecule has 1 aromatic heterocycles. The van der Waals surface area contributed by atoms with E-state index in [-0.39, 0.29) is 11.3 Å². The second-order valence-corrected chi connectivity index (χ2v) is 5.09. The van der Waals surface area contributed by atoms with Crippen molar-refractivity contribution < 1.29 is 22.4 Å². The summed E-state index contributed by atoms with van der Waals surface area (Å²) in [5, 5.41) is 0. The first kappa shape index (κ1) is 15.5. The molecule has 0 radical (unpaired) electrons. The molecule has 8 heteroatoms. The Labute approximate surface area is 122 Å². The third-order valence-electron chi connectivity index (χ3n) is 2.65. The van der Waals surface area contributed by atoms with E-state index in [1.165, 1.54) is 18.4 Å². The third kappa shape index (κ3) is 3.79. The summed E-state index contributed by atoms with van der Waals surface area (Å²) in [5.74, 6) is 5.09. The van der Waals surface area contributed by atoms with Gasteiger partial charge in [0.05, 0.1) is 23.1 Å². The second kappa shape index (κ2) is 6.23. The van der Waals surface area contributed by atoms with Crippen LogP contribution in [0.1, 0.15) is 21.7 Å². The Kier molecular flexibility index (Phi) is 4.59. The maximum atomic E-state index is 12.6. The van der Waals surface area contributed by atoms with Crippen molar-refractivity contribution in [3.8, 4) is 0 Å². The highest BCUT2D eigenvalue weighted by Gasteiger charge is 2.30. The van der Waals surface area contributed by atoms with Crippen molar-refractivity contribution >= 4 is 17.7 Å². The number of carbonyl (C=O) groups is 1. The lowest BCUT2D eigenvalue weighted by Crippen LogP contribution is -2.30. The zero-order chi connectivity index (χ0) is 15.5. The molecule has 0 fully saturated rings. The van der Waals surface area contributed by atoms with Crippen molar-refractivity contribution in [1.82, 2.24) is 5.43 Å². The fraction of sp³-hybridized carbons (Fsp3) is 0.154. The van der Waals surface area contributed by atoms with Crippen LogP contribution in [0.2, 0.25) is 0 Å². The van der Waals surface area contributed by atoms with E-state index < -0.39 is 17.6 Å². The fourth-order valence-electron chi connectivity index (χ4n) is 1.64. The minimum absolute atomic E-state index is 0.219. The van der Waals surface area contributed by atoms with Crippen LogP contribution in [0.3, 0.4) is 0 Å². The van der Waals surface area contributed by atoms with Crippen LogP contribution in [0.4, 0.5) is 13.2 Å². The number of alkyl halides is 3. The Morgan fingerprint density at radius 3 is 2.76 bits per heavy atom. The molecule has 2 rings (SSSR count). The molecule has 0 atom stereocenters. The van der Waals surface area contributed by atoms with Gasteiger partial charge in [-0.2, -0.15) is 13.2 Å². The molecule has 0 bridgehead atoms. The summed E-state index contributed by atoms with van der Waals surface area (Å²) in [6.45, 7) is 0. The van der Waals surface area contributed by atoms with Gasteiger partial charge in [-0.1, -0.05) is 6.07 Å². The Morgan fingerprint density at radius 1 is 1.33 bits per heavy atom. The van der Waals surface area contributed by atoms with Crippen LogP contribution in [0.15, 0.2) is 45.9 Å². The maximum Gasteiger partial charge on any atom is 0.416 e. The summed E-state index contributed by atoms with van der Waals surface area (Å²) in [5.41, 5.74) is 1.52. The zero-order valence-electron chi connectivity index (χ0n) is 10.6. The van der Waals surface area contributed by atoms with Crippen LogP contribution >= 0.6 is 11.8 Å². The molecule has 0 unspecified atom stereocenters. The highest BCUT2D eigenvalue weighted by molar-refractivity contribution is 7.98. The van der Waals surface area contributed by atoms with E-state index in [0.717, 1.165) is 23.9 Å². The number of furan rings is 1. The quantitative estimate of drug-likeness (QED) is 0.393. The highest BCUT2D eigenvalue weighted by Crippen LogP contribution is 2.33. The van der Waals surface area contributed by atoms with Crippen molar-refractivity contribution in [1.29, 1.82) is 0 Å². The first-order valence-electron chi connectivity index (χ1n) is 5.79. The lowest BCUT2D eigenvalue weighted by Gasteiger charge is -2.08. The van der Waals surface area contributed by atoms with Gasteiger partial charge in [-0.3, -0.25) is 10.2 Å². The lowest BCUT2D eigenvalue weighted by molar-refractivity contribution is -0.137. The maximum absolute atomic E-state index is 12.6. The normalized spacial score (nSPS) is 11.4. The highest BCUT2D eigenvalue weighted by atomic mass is 32.2. The minimum Gasteiger partial charge on any atom is -0.468 e. The number of hydrazine groups is 1. The summed E-state index contributed by atoms with van der Waals surface area (Å²) in [6.07, 6.45) is -3.06. The second-order valence-electron chi connectivity index (χ2n) is 4.05. The summed E-state index contributed by atoms with van der Waals surface area (Å²) in [4.78, 5) is 11.9. The van der Waals surface area contributed by atoms with Crippen LogP contribution in [0.25, 0.3) is 0 Å². The van der Waals surface area contributed by atoms with Crippen LogP contribution in [0, 0.1) is 0 Å². The molecule has 1 aromatic carbocycles. The number of rotatable bonds is 4. The molecule has 2 aromatic rings. The van der Waals surface area contributed by atoms with Crippen LogP contribution in [-0.4, -0.2) is 5.91 Å². The molecule has 21 heavy (non-hydrogen) atoms. The number of hydrogen-bond acceptors (Lipinski definition) is 4. The number of amides is 1. The number of nitrogen functional groups attached to an aromatic ring is 1. The Bertz CT molecular complexity index is 640. The number of hydrogen-bond donors (Lipinski definition) is 2. The number of nitrogens with two attached hydrogens (primary N) is 1. The van der Waals surface area contributed by atoms with Gasteiger partial charge in [0.1, 0.15) is 5.76 Å². The molecule has 0 spiro atoms. The summed E-state index contributed by atoms with van der Waals surface area (Å²) in [7, 11) is 0. The molecule has 0 saturated carbocycles. The van der Waals surface area contributed by atoms with Crippen molar-refractivity contribution in [2.75, 3.05) is 0 Å². The Hall–Kier alpha value is -1.93. The van der Waals surface area contributed by atoms with E-state index in [4.69, 9.17) is 10.3 Å². The average molecular weight is 316 g/mol. The Balaban J connectivity index is 2.11. The van der Waals surface area contributed by atoms with E-state index in [2.05, 4.69) is 0 Å². The van der Waals surface area contributed by atoms with Crippen molar-refractivity contribution in [2.24, 2.45) is 5.84 Å². The molecule has 0 saturated heterocycles. The van der Waals surface area contributed by atoms with Crippen molar-refractivity contribution in [3.63, 3.8) is 0 Å². The zero-order valence-corrected chi connectivity index (χ0v) is 11.4. The minimum atomic E-state index is -4.38. The number of carbonyl (C=O) groups excluding carboxylic acids is 1. The summed E-state index contributed by atoms with van der Waals surface area (Å²) >= 11 is 1.14. The van der Waals surface area contributed by atoms with E-state index in [9.17, 15) is 18.0 Å². The van der Waals surface area contributed by atoms with Gasteiger partial charge < -0.3 is 4.42 Å². The number of thioether (sulfide) groups is 1. The van der Waals surface area contributed by atoms with Gasteiger partial charge in [0.2, 0.25) is 0 Å². The first-order chi connectivity index (χ1) is 9.91. The van der Waals surface area contributed by atoms with E-state index >= 15 is 0 Å². The smallest absolute Gasteiger partial charge is 0.416 e. The third-order valence-corrected chi connectivity index (χ3v) is 3.65. The average Bonchev–Trinajstić information content (AvgIpc) is 2.92. The van der Waals surface area contributed by atoms with Crippen molar-refractivity contribution in [2.45, 2.75) is 16.8 Å². The number of halogens is 3. The molecule has 0 aliphatic heterocycles. The molecule has 1 amide bonds. The molecule has 0 aliphatic rings. The van der Waals surface area contributed by atoms with Gasteiger partial charge in [0, 0.05) is 4.90 Å². The topological polar surface area (TPSA) is 68.3 Å². The molecule has 4 nitrogen and oxygen atoms in total. The van der Waals surface area contributed by atoms with Gasteiger partial charge in [0.25, 0.3) is 5.91 Å². The predicted molar refractivity (Wildman–Crippen MR) is 71.4 cm³/mol. The van der Waals surface area contributed by atoms with Gasteiger partial charge in [-0.05, 0) is 24.3 Å². The lowest BCUT2D eigenvalue weighted by atomic mass is 10.2. The molecule has 3 N–H and O–H groups in total. The van der Waals surface area contributed by atoms with Gasteiger partial charge in [0.15, 0.2) is 0 Å². The molecular formula is C13H11F3N2O2S. The summed E-state index contributed by atoms with van der Waals surface area (Å²) < 4.78 is 43.0. The first-order valence-corrected chi connectivity index (χ1v) is 6.77. The van der Waals surface area contributed by atoms with Crippen LogP contribution in [-0.2, 0) is 11.9 Å². The van der Waals surface area contributed by atoms with Crippen LogP contribution < -0.4 is 11.3 Å². The monoisotopic (exact) mass is 316 g/mol. The number of nitrogens with one attached hydrogen (secondary N) is 1. The molecule has 112 valence electrons. The van der Waals surface area contributed by atoms with Gasteiger partial charge in [-0.25, -0.2) is 5.84 Å². The fourth-order valence-corrected chi connectivity index (χ4v) is 2.55. The molecule has 1 heterocycles. The summed E-state index contributed by atoms with van der Waals surface area (Å²) in [6, 6.07) is 6.40. The van der Waals surface area contributed by atoms with Gasteiger partial charge >= 0.3 is 6.18 Å². The standard InChI is InChI=1S/C13H11F3N2O2S/c14-13(15,16)8-2-1-3-9(6-8)21-7-11-10(4-5-20-11)12(19)18-17/h1-6H,7,17H2,(H,18,19). The predicted octanol–water partition coefficient (Wildman–Crippen LogP) is 3.19. The van der Waals surface area contributed by atoms with E-state index in [1.807, 2.05) is 5.43 Å². The molecule has 0 aliphatic carbocycles. The van der Waals surface area contributed by atoms with Crippen LogP contribution in [0.5, 0.6) is 0 Å². The number of benzene rings is 1. The van der Waals surface area contributed by atoms with Crippen molar-refractivity contribution in [3.05, 3.63) is 53.5 Å². The van der Waals surface area contributed by atoms with Gasteiger partial charge in [-0.15, -0.1) is 11.8 Å². The van der Waals surface area contributed by atoms with E-state index in [0.29, 0.717) is 10.7 Å². The van der Waals surface area contributed by atoms with E-state index in [1.54, 1.807) is 6.07 Å². The molecular weight excluding hydrogens is 305 g/mol. The largest absolute Gasteiger partial charge is 0.468 e. The SMILES string of the molecule is NNC(=O)c1ccoc1CSc1cccc(C(F)(F)F)c1. The Morgan fingerprint density at radius 2 is 2.10 bits per heavy atom.